The molecule has 6 nitrogen and oxygen atoms in total. The minimum absolute atomic E-state index is 0.0664. The number of nitrogens with zero attached hydrogens (tertiary/aromatic N) is 1. The summed E-state index contributed by atoms with van der Waals surface area (Å²) in [6.07, 6.45) is -0.0664. The van der Waals surface area contributed by atoms with Crippen molar-refractivity contribution >= 4 is 63.7 Å². The predicted octanol–water partition coefficient (Wildman–Crippen LogP) is 5.89. The average molecular weight is 500 g/mol. The Bertz CT molecular complexity index is 1080. The number of esters is 1. The van der Waals surface area contributed by atoms with E-state index in [0.29, 0.717) is 17.3 Å². The Labute approximate surface area is 198 Å². The van der Waals surface area contributed by atoms with Gasteiger partial charge in [0.1, 0.15) is 10.8 Å². The highest BCUT2D eigenvalue weighted by Gasteiger charge is 2.16. The van der Waals surface area contributed by atoms with E-state index in [-0.39, 0.29) is 22.2 Å². The maximum atomic E-state index is 12.1. The van der Waals surface area contributed by atoms with Crippen molar-refractivity contribution in [2.45, 2.75) is 13.3 Å². The topological polar surface area (TPSA) is 77.5 Å². The van der Waals surface area contributed by atoms with Gasteiger partial charge in [-0.2, -0.15) is 0 Å². The van der Waals surface area contributed by atoms with Gasteiger partial charge in [-0.1, -0.05) is 46.9 Å². The number of aromatic nitrogens is 1. The number of nitrogens with one attached hydrogen (secondary N) is 1. The lowest BCUT2D eigenvalue weighted by atomic mass is 10.2. The summed E-state index contributed by atoms with van der Waals surface area (Å²) < 4.78 is 10.7. The number of para-hydroxylation sites is 1. The fraction of sp³-hybridized carbons (Fsp3) is 0.190. The highest BCUT2D eigenvalue weighted by molar-refractivity contribution is 7.13. The molecular formula is C21H17Cl3N2O4S. The lowest BCUT2D eigenvalue weighted by Gasteiger charge is -2.10. The maximum Gasteiger partial charge on any atom is 0.312 e. The molecule has 1 heterocycles. The second-order valence-corrected chi connectivity index (χ2v) is 8.31. The third-order valence-corrected chi connectivity index (χ3v) is 5.67. The highest BCUT2D eigenvalue weighted by Crippen LogP contribution is 2.34. The second kappa shape index (κ2) is 10.8. The molecular weight excluding hydrogens is 483 g/mol. The average Bonchev–Trinajstić information content (AvgIpc) is 3.18. The van der Waals surface area contributed by atoms with Crippen molar-refractivity contribution in [2.75, 3.05) is 18.5 Å². The number of hydrogen-bond donors (Lipinski definition) is 1. The number of ether oxygens (including phenoxy) is 2. The second-order valence-electron chi connectivity index (χ2n) is 6.20. The maximum absolute atomic E-state index is 12.1. The molecule has 31 heavy (non-hydrogen) atoms. The van der Waals surface area contributed by atoms with E-state index in [4.69, 9.17) is 44.3 Å². The Morgan fingerprint density at radius 2 is 1.84 bits per heavy atom. The number of anilines is 1. The Hall–Kier alpha value is -2.32. The number of amides is 1. The van der Waals surface area contributed by atoms with Crippen molar-refractivity contribution in [2.24, 2.45) is 0 Å². The summed E-state index contributed by atoms with van der Waals surface area (Å²) in [5.74, 6) is -0.438. The molecule has 1 aromatic heterocycles. The van der Waals surface area contributed by atoms with E-state index in [9.17, 15) is 9.59 Å². The first-order chi connectivity index (χ1) is 14.9. The van der Waals surface area contributed by atoms with Crippen LogP contribution in [-0.4, -0.2) is 30.1 Å². The van der Waals surface area contributed by atoms with Gasteiger partial charge in [-0.15, -0.1) is 11.3 Å². The molecule has 0 aliphatic heterocycles. The van der Waals surface area contributed by atoms with Crippen molar-refractivity contribution in [3.63, 3.8) is 0 Å². The number of thiazole rings is 1. The summed E-state index contributed by atoms with van der Waals surface area (Å²) in [5.41, 5.74) is 1.59. The van der Waals surface area contributed by atoms with Crippen LogP contribution in [0.25, 0.3) is 10.6 Å². The van der Waals surface area contributed by atoms with Crippen LogP contribution in [0.4, 0.5) is 5.69 Å². The summed E-state index contributed by atoms with van der Waals surface area (Å²) in [5, 5.41) is 5.71. The van der Waals surface area contributed by atoms with Gasteiger partial charge in [0, 0.05) is 10.4 Å². The summed E-state index contributed by atoms with van der Waals surface area (Å²) in [7, 11) is 0. The van der Waals surface area contributed by atoms with Crippen LogP contribution in [0.5, 0.6) is 5.75 Å². The van der Waals surface area contributed by atoms with E-state index in [1.165, 1.54) is 23.5 Å². The van der Waals surface area contributed by atoms with E-state index < -0.39 is 18.5 Å². The minimum atomic E-state index is -0.585. The van der Waals surface area contributed by atoms with Crippen LogP contribution in [0.1, 0.15) is 12.6 Å². The van der Waals surface area contributed by atoms with Crippen LogP contribution >= 0.6 is 46.1 Å². The molecule has 0 aliphatic carbocycles. The zero-order valence-corrected chi connectivity index (χ0v) is 19.4. The molecule has 10 heteroatoms. The van der Waals surface area contributed by atoms with Gasteiger partial charge in [0.15, 0.2) is 6.61 Å². The SMILES string of the molecule is CCOc1ccccc1-c1nc(CC(=O)OCC(=O)Nc2c(Cl)cc(Cl)cc2Cl)cs1. The van der Waals surface area contributed by atoms with Gasteiger partial charge in [-0.3, -0.25) is 9.59 Å². The molecule has 3 aromatic rings. The molecule has 0 saturated heterocycles. The molecule has 0 saturated carbocycles. The fourth-order valence-electron chi connectivity index (χ4n) is 2.62. The summed E-state index contributed by atoms with van der Waals surface area (Å²) >= 11 is 19.3. The first-order valence-electron chi connectivity index (χ1n) is 9.14. The van der Waals surface area contributed by atoms with E-state index in [1.54, 1.807) is 5.38 Å². The standard InChI is InChI=1S/C21H17Cl3N2O4S/c1-2-29-17-6-4-3-5-14(17)21-25-13(11-31-21)9-19(28)30-10-18(27)26-20-15(23)7-12(22)8-16(20)24/h3-8,11H,2,9-10H2,1H3,(H,26,27). The van der Waals surface area contributed by atoms with Crippen molar-refractivity contribution < 1.29 is 19.1 Å². The first-order valence-corrected chi connectivity index (χ1v) is 11.1. The molecule has 0 unspecified atom stereocenters. The van der Waals surface area contributed by atoms with E-state index in [0.717, 1.165) is 16.3 Å². The van der Waals surface area contributed by atoms with Crippen LogP contribution in [0, 0.1) is 0 Å². The van der Waals surface area contributed by atoms with Gasteiger partial charge in [0.25, 0.3) is 5.91 Å². The first kappa shape index (κ1) is 23.3. The largest absolute Gasteiger partial charge is 0.493 e. The molecule has 0 aliphatic rings. The monoisotopic (exact) mass is 498 g/mol. The number of carbonyl (C=O) groups is 2. The summed E-state index contributed by atoms with van der Waals surface area (Å²) in [4.78, 5) is 28.7. The zero-order chi connectivity index (χ0) is 22.4. The Morgan fingerprint density at radius 1 is 1.13 bits per heavy atom. The van der Waals surface area contributed by atoms with Gasteiger partial charge in [-0.05, 0) is 31.2 Å². The quantitative estimate of drug-likeness (QED) is 0.391. The lowest BCUT2D eigenvalue weighted by Crippen LogP contribution is -2.22. The molecule has 1 amide bonds. The van der Waals surface area contributed by atoms with Crippen molar-refractivity contribution in [1.82, 2.24) is 4.98 Å². The number of carbonyl (C=O) groups excluding carboxylic acids is 2. The van der Waals surface area contributed by atoms with Crippen LogP contribution in [-0.2, 0) is 20.7 Å². The molecule has 0 spiro atoms. The van der Waals surface area contributed by atoms with Crippen molar-refractivity contribution in [1.29, 1.82) is 0 Å². The number of rotatable bonds is 8. The van der Waals surface area contributed by atoms with Crippen LogP contribution in [0.3, 0.4) is 0 Å². The molecule has 3 rings (SSSR count). The predicted molar refractivity (Wildman–Crippen MR) is 123 cm³/mol. The number of halogens is 3. The third kappa shape index (κ3) is 6.33. The van der Waals surface area contributed by atoms with Gasteiger partial charge in [-0.25, -0.2) is 4.98 Å². The van der Waals surface area contributed by atoms with E-state index in [1.807, 2.05) is 31.2 Å². The van der Waals surface area contributed by atoms with Gasteiger partial charge in [0.2, 0.25) is 0 Å². The Balaban J connectivity index is 1.56. The zero-order valence-electron chi connectivity index (χ0n) is 16.3. The normalized spacial score (nSPS) is 10.6. The van der Waals surface area contributed by atoms with Crippen LogP contribution in [0.15, 0.2) is 41.8 Å². The Morgan fingerprint density at radius 3 is 2.55 bits per heavy atom. The molecule has 162 valence electrons. The van der Waals surface area contributed by atoms with Gasteiger partial charge < -0.3 is 14.8 Å². The van der Waals surface area contributed by atoms with Gasteiger partial charge in [0.05, 0.1) is 40.0 Å². The molecule has 0 radical (unpaired) electrons. The van der Waals surface area contributed by atoms with Crippen molar-refractivity contribution in [3.05, 3.63) is 62.5 Å². The molecule has 1 N–H and O–H groups in total. The third-order valence-electron chi connectivity index (χ3n) is 3.93. The molecule has 2 aromatic carbocycles. The molecule has 0 atom stereocenters. The Kier molecular flexibility index (Phi) is 8.15. The molecule has 0 bridgehead atoms. The van der Waals surface area contributed by atoms with Crippen LogP contribution < -0.4 is 10.1 Å². The van der Waals surface area contributed by atoms with Crippen molar-refractivity contribution in [3.8, 4) is 16.3 Å². The van der Waals surface area contributed by atoms with Crippen LogP contribution in [0.2, 0.25) is 15.1 Å². The molecule has 0 fully saturated rings. The van der Waals surface area contributed by atoms with E-state index >= 15 is 0 Å². The number of benzene rings is 2. The highest BCUT2D eigenvalue weighted by atomic mass is 35.5. The minimum Gasteiger partial charge on any atom is -0.493 e. The lowest BCUT2D eigenvalue weighted by molar-refractivity contribution is -0.146. The summed E-state index contributed by atoms with van der Waals surface area (Å²) in [6, 6.07) is 10.4. The van der Waals surface area contributed by atoms with Gasteiger partial charge >= 0.3 is 5.97 Å². The number of hydrogen-bond acceptors (Lipinski definition) is 6. The van der Waals surface area contributed by atoms with E-state index in [2.05, 4.69) is 10.3 Å². The summed E-state index contributed by atoms with van der Waals surface area (Å²) in [6.45, 7) is 1.96. The smallest absolute Gasteiger partial charge is 0.312 e. The fourth-order valence-corrected chi connectivity index (χ4v) is 4.38.